The summed E-state index contributed by atoms with van der Waals surface area (Å²) in [6.07, 6.45) is 1.81. The Balaban J connectivity index is 1.47. The molecule has 0 spiro atoms. The quantitative estimate of drug-likeness (QED) is 0.0731. The zero-order chi connectivity index (χ0) is 32.4. The molecule has 3 N–H and O–H groups in total. The number of nitrogens with zero attached hydrogens (tertiary/aromatic N) is 2. The van der Waals surface area contributed by atoms with Crippen LogP contribution in [0.25, 0.3) is 11.6 Å². The van der Waals surface area contributed by atoms with E-state index in [2.05, 4.69) is 15.9 Å². The van der Waals surface area contributed by atoms with E-state index in [1.54, 1.807) is 12.1 Å². The minimum atomic E-state index is -1.02. The molecule has 3 aromatic carbocycles. The van der Waals surface area contributed by atoms with E-state index in [1.165, 1.54) is 24.3 Å². The average molecular weight is 676 g/mol. The second kappa shape index (κ2) is 13.5. The van der Waals surface area contributed by atoms with Crippen molar-refractivity contribution in [2.24, 2.45) is 23.7 Å². The summed E-state index contributed by atoms with van der Waals surface area (Å²) in [5.41, 5.74) is 3.71. The lowest BCUT2D eigenvalue weighted by Crippen LogP contribution is -2.39. The third kappa shape index (κ3) is 6.49. The number of phenolic OH excluding ortho intramolecular Hbond substituents is 1. The Hall–Kier alpha value is -4.12. The fraction of sp³-hybridized carbons (Fsp3) is 0.314. The Labute approximate surface area is 269 Å². The van der Waals surface area contributed by atoms with Gasteiger partial charge >= 0.3 is 0 Å². The number of phenols is 1. The molecule has 2 amide bonds. The SMILES string of the molecule is CC(C)C1=C([C@H](O)CC/C(=C/c2cc(Br)ccc2O)c2ccccc2)[C@H](CO)[C@@H]2C(=O)N(c3cccc([N+](=O)[O-])c3)C(=O)[C@@H]2C1. The molecule has 5 rings (SSSR count). The Morgan fingerprint density at radius 3 is 2.47 bits per heavy atom. The number of aliphatic hydroxyl groups excluding tert-OH is 2. The van der Waals surface area contributed by atoms with Gasteiger partial charge in [0.1, 0.15) is 5.75 Å². The van der Waals surface area contributed by atoms with Gasteiger partial charge in [0.15, 0.2) is 0 Å². The van der Waals surface area contributed by atoms with Crippen LogP contribution >= 0.6 is 15.9 Å². The largest absolute Gasteiger partial charge is 0.507 e. The smallest absolute Gasteiger partial charge is 0.271 e. The maximum atomic E-state index is 13.8. The molecule has 45 heavy (non-hydrogen) atoms. The topological polar surface area (TPSA) is 141 Å². The van der Waals surface area contributed by atoms with Gasteiger partial charge in [-0.3, -0.25) is 19.7 Å². The third-order valence-electron chi connectivity index (χ3n) is 8.82. The lowest BCUT2D eigenvalue weighted by molar-refractivity contribution is -0.384. The molecule has 0 radical (unpaired) electrons. The molecule has 0 saturated carbocycles. The molecule has 4 atom stereocenters. The highest BCUT2D eigenvalue weighted by atomic mass is 79.9. The van der Waals surface area contributed by atoms with Crippen LogP contribution in [0.3, 0.4) is 0 Å². The van der Waals surface area contributed by atoms with E-state index in [1.807, 2.05) is 56.3 Å². The van der Waals surface area contributed by atoms with E-state index in [-0.39, 0.29) is 35.9 Å². The van der Waals surface area contributed by atoms with Gasteiger partial charge in [-0.1, -0.05) is 71.7 Å². The summed E-state index contributed by atoms with van der Waals surface area (Å²) in [7, 11) is 0. The van der Waals surface area contributed by atoms with Gasteiger partial charge in [0.05, 0.1) is 35.2 Å². The van der Waals surface area contributed by atoms with Crippen LogP contribution in [0.2, 0.25) is 0 Å². The van der Waals surface area contributed by atoms with Gasteiger partial charge in [0.2, 0.25) is 11.8 Å². The fourth-order valence-corrected chi connectivity index (χ4v) is 7.05. The van der Waals surface area contributed by atoms with Gasteiger partial charge < -0.3 is 15.3 Å². The number of allylic oxidation sites excluding steroid dienone is 2. The van der Waals surface area contributed by atoms with Crippen LogP contribution in [0.5, 0.6) is 5.75 Å². The minimum absolute atomic E-state index is 0.0674. The maximum Gasteiger partial charge on any atom is 0.271 e. The summed E-state index contributed by atoms with van der Waals surface area (Å²) >= 11 is 3.46. The standard InChI is InChI=1S/C35H35BrN2O7/c1-20(2)27-18-28-33(35(43)37(34(28)42)25-9-6-10-26(17-25)38(44)45)29(19-39)32(27)31(41)13-11-22(21-7-4-3-5-8-21)15-23-16-24(36)12-14-30(23)40/h3-10,12,14-17,20,28-29,31,33,39-41H,11,13,18-19H2,1-2H3/b22-15-/t28-,29+,31-,33-/m1/s1. The first-order valence-corrected chi connectivity index (χ1v) is 15.7. The summed E-state index contributed by atoms with van der Waals surface area (Å²) in [4.78, 5) is 39.3. The number of aliphatic hydroxyl groups is 2. The number of carbonyl (C=O) groups excluding carboxylic acids is 2. The number of aromatic hydroxyl groups is 1. The Kier molecular flexibility index (Phi) is 9.67. The van der Waals surface area contributed by atoms with Crippen molar-refractivity contribution in [2.45, 2.75) is 39.2 Å². The highest BCUT2D eigenvalue weighted by Crippen LogP contribution is 2.49. The van der Waals surface area contributed by atoms with E-state index in [0.717, 1.165) is 26.1 Å². The highest BCUT2D eigenvalue weighted by Gasteiger charge is 2.55. The monoisotopic (exact) mass is 674 g/mol. The molecule has 234 valence electrons. The van der Waals surface area contributed by atoms with Crippen LogP contribution in [-0.2, 0) is 9.59 Å². The summed E-state index contributed by atoms with van der Waals surface area (Å²) in [6, 6.07) is 20.2. The van der Waals surface area contributed by atoms with Crippen molar-refractivity contribution in [3.8, 4) is 5.75 Å². The number of non-ortho nitro benzene ring substituents is 1. The lowest BCUT2D eigenvalue weighted by Gasteiger charge is -2.38. The number of rotatable bonds is 10. The molecule has 0 unspecified atom stereocenters. The van der Waals surface area contributed by atoms with E-state index in [0.29, 0.717) is 17.6 Å². The number of imide groups is 1. The van der Waals surface area contributed by atoms with Crippen molar-refractivity contribution in [1.29, 1.82) is 0 Å². The van der Waals surface area contributed by atoms with Crippen molar-refractivity contribution < 1.29 is 29.8 Å². The van der Waals surface area contributed by atoms with Gasteiger partial charge in [-0.05, 0) is 72.2 Å². The molecular weight excluding hydrogens is 640 g/mol. The molecule has 1 heterocycles. The Bertz CT molecular complexity index is 1680. The molecule has 10 heteroatoms. The molecule has 3 aromatic rings. The summed E-state index contributed by atoms with van der Waals surface area (Å²) < 4.78 is 0.809. The summed E-state index contributed by atoms with van der Waals surface area (Å²) in [5, 5.41) is 44.3. The molecule has 1 aliphatic heterocycles. The Morgan fingerprint density at radius 1 is 1.07 bits per heavy atom. The minimum Gasteiger partial charge on any atom is -0.507 e. The number of nitro groups is 1. The van der Waals surface area contributed by atoms with E-state index < -0.39 is 47.2 Å². The number of nitro benzene ring substituents is 1. The second-order valence-electron chi connectivity index (χ2n) is 11.8. The molecule has 9 nitrogen and oxygen atoms in total. The van der Waals surface area contributed by atoms with Crippen LogP contribution in [-0.4, -0.2) is 44.8 Å². The highest BCUT2D eigenvalue weighted by molar-refractivity contribution is 9.10. The van der Waals surface area contributed by atoms with Gasteiger partial charge in [-0.25, -0.2) is 4.90 Å². The predicted molar refractivity (Wildman–Crippen MR) is 175 cm³/mol. The van der Waals surface area contributed by atoms with Crippen molar-refractivity contribution in [3.05, 3.63) is 110 Å². The van der Waals surface area contributed by atoms with Crippen LogP contribution < -0.4 is 4.90 Å². The molecule has 1 aliphatic carbocycles. The zero-order valence-electron chi connectivity index (χ0n) is 25.0. The van der Waals surface area contributed by atoms with E-state index in [9.17, 15) is 35.0 Å². The van der Waals surface area contributed by atoms with Crippen molar-refractivity contribution in [2.75, 3.05) is 11.5 Å². The lowest BCUT2D eigenvalue weighted by atomic mass is 9.66. The van der Waals surface area contributed by atoms with Crippen molar-refractivity contribution in [1.82, 2.24) is 0 Å². The number of anilines is 1. The Morgan fingerprint density at radius 2 is 1.80 bits per heavy atom. The predicted octanol–water partition coefficient (Wildman–Crippen LogP) is 6.52. The van der Waals surface area contributed by atoms with E-state index in [4.69, 9.17) is 0 Å². The molecule has 1 saturated heterocycles. The number of halogens is 1. The molecule has 1 fully saturated rings. The van der Waals surface area contributed by atoms with E-state index >= 15 is 0 Å². The number of hydrogen-bond acceptors (Lipinski definition) is 7. The van der Waals surface area contributed by atoms with Crippen molar-refractivity contribution >= 4 is 50.8 Å². The first kappa shape index (κ1) is 32.3. The number of benzene rings is 3. The number of carbonyl (C=O) groups is 2. The normalized spacial score (nSPS) is 21.0. The first-order chi connectivity index (χ1) is 21.5. The van der Waals surface area contributed by atoms with Crippen LogP contribution in [0.15, 0.2) is 88.4 Å². The average Bonchev–Trinajstić information content (AvgIpc) is 3.28. The zero-order valence-corrected chi connectivity index (χ0v) is 26.6. The fourth-order valence-electron chi connectivity index (χ4n) is 6.67. The van der Waals surface area contributed by atoms with Crippen LogP contribution in [0, 0.1) is 33.8 Å². The van der Waals surface area contributed by atoms with Gasteiger partial charge in [0.25, 0.3) is 5.69 Å². The number of hydrogen-bond donors (Lipinski definition) is 3. The number of amides is 2. The van der Waals surface area contributed by atoms with Crippen LogP contribution in [0.4, 0.5) is 11.4 Å². The molecule has 0 aromatic heterocycles. The molecule has 0 bridgehead atoms. The first-order valence-electron chi connectivity index (χ1n) is 14.9. The number of fused-ring (bicyclic) bond motifs is 1. The van der Waals surface area contributed by atoms with Gasteiger partial charge in [0, 0.05) is 28.1 Å². The molecule has 2 aliphatic rings. The summed E-state index contributed by atoms with van der Waals surface area (Å²) in [5.74, 6) is -3.39. The maximum absolute atomic E-state index is 13.8. The van der Waals surface area contributed by atoms with Gasteiger partial charge in [-0.15, -0.1) is 0 Å². The summed E-state index contributed by atoms with van der Waals surface area (Å²) in [6.45, 7) is 3.47. The molecular formula is C35H35BrN2O7. The van der Waals surface area contributed by atoms with Crippen molar-refractivity contribution in [3.63, 3.8) is 0 Å². The van der Waals surface area contributed by atoms with Gasteiger partial charge in [-0.2, -0.15) is 0 Å². The second-order valence-corrected chi connectivity index (χ2v) is 12.8. The third-order valence-corrected chi connectivity index (χ3v) is 9.32. The van der Waals surface area contributed by atoms with Crippen LogP contribution in [0.1, 0.15) is 44.2 Å².